The van der Waals surface area contributed by atoms with Crippen LogP contribution in [0.25, 0.3) is 0 Å². The van der Waals surface area contributed by atoms with Gasteiger partial charge in [0.2, 0.25) is 0 Å². The quantitative estimate of drug-likeness (QED) is 0.336. The van der Waals surface area contributed by atoms with E-state index in [1.165, 1.54) is 51.4 Å². The molecule has 6 nitrogen and oxygen atoms in total. The molecule has 0 spiro atoms. The number of hydrogen-bond acceptors (Lipinski definition) is 5. The molecule has 0 saturated heterocycles. The molecule has 2 aromatic rings. The molecule has 0 aliphatic heterocycles. The lowest BCUT2D eigenvalue weighted by atomic mass is 10.1. The number of nitrogens with one attached hydrogen (secondary N) is 1. The monoisotopic (exact) mass is 418 g/mol. The summed E-state index contributed by atoms with van der Waals surface area (Å²) in [6.07, 6.45) is 17.3. The molecule has 2 heterocycles. The van der Waals surface area contributed by atoms with Gasteiger partial charge in [0.05, 0.1) is 6.61 Å². The Labute approximate surface area is 178 Å². The highest BCUT2D eigenvalue weighted by atomic mass is 32.1. The molecule has 0 bridgehead atoms. The largest absolute Gasteiger partial charge is 0.464 e. The fraction of sp³-hybridized carbons (Fsp3) is 0.636. The van der Waals surface area contributed by atoms with Crippen LogP contribution in [0, 0.1) is 4.77 Å². The summed E-state index contributed by atoms with van der Waals surface area (Å²) in [5, 5.41) is 0. The Hall–Kier alpha value is -2.02. The lowest BCUT2D eigenvalue weighted by Gasteiger charge is -2.09. The van der Waals surface area contributed by atoms with E-state index in [4.69, 9.17) is 17.0 Å². The van der Waals surface area contributed by atoms with E-state index < -0.39 is 0 Å². The maximum atomic E-state index is 12.3. The predicted octanol–water partition coefficient (Wildman–Crippen LogP) is 5.22. The Morgan fingerprint density at radius 3 is 2.24 bits per heavy atom. The van der Waals surface area contributed by atoms with E-state index in [2.05, 4.69) is 21.9 Å². The van der Waals surface area contributed by atoms with Gasteiger partial charge in [0.1, 0.15) is 0 Å². The Balaban J connectivity index is 1.83. The molecule has 0 unspecified atom stereocenters. The summed E-state index contributed by atoms with van der Waals surface area (Å²) < 4.78 is 7.72. The number of ether oxygens (including phenoxy) is 1. The van der Waals surface area contributed by atoms with Crippen LogP contribution in [0.4, 0.5) is 0 Å². The van der Waals surface area contributed by atoms with Crippen molar-refractivity contribution in [2.45, 2.75) is 84.6 Å². The van der Waals surface area contributed by atoms with Crippen molar-refractivity contribution in [1.29, 1.82) is 0 Å². The van der Waals surface area contributed by atoms with Gasteiger partial charge in [-0.2, -0.15) is 0 Å². The van der Waals surface area contributed by atoms with Gasteiger partial charge in [0.25, 0.3) is 5.56 Å². The van der Waals surface area contributed by atoms with Crippen LogP contribution in [0.5, 0.6) is 6.01 Å². The summed E-state index contributed by atoms with van der Waals surface area (Å²) >= 11 is 5.34. The molecule has 7 heteroatoms. The van der Waals surface area contributed by atoms with E-state index in [0.29, 0.717) is 29.4 Å². The van der Waals surface area contributed by atoms with Crippen LogP contribution >= 0.6 is 12.2 Å². The van der Waals surface area contributed by atoms with Crippen molar-refractivity contribution in [3.8, 4) is 6.01 Å². The molecular formula is C22H34N4O2S. The van der Waals surface area contributed by atoms with Gasteiger partial charge in [-0.1, -0.05) is 58.3 Å². The van der Waals surface area contributed by atoms with Crippen molar-refractivity contribution >= 4 is 12.2 Å². The van der Waals surface area contributed by atoms with Crippen LogP contribution in [0.3, 0.4) is 0 Å². The number of aromatic amines is 1. The average molecular weight is 419 g/mol. The molecule has 0 atom stereocenters. The summed E-state index contributed by atoms with van der Waals surface area (Å²) in [5.74, 6) is 0. The molecule has 1 N–H and O–H groups in total. The maximum Gasteiger partial charge on any atom is 0.316 e. The Morgan fingerprint density at radius 2 is 1.62 bits per heavy atom. The zero-order chi connectivity index (χ0) is 20.9. The molecule has 0 amide bonds. The minimum Gasteiger partial charge on any atom is -0.464 e. The van der Waals surface area contributed by atoms with Gasteiger partial charge in [-0.25, -0.2) is 9.97 Å². The highest BCUT2D eigenvalue weighted by molar-refractivity contribution is 7.71. The van der Waals surface area contributed by atoms with Gasteiger partial charge >= 0.3 is 6.01 Å². The van der Waals surface area contributed by atoms with Crippen LogP contribution in [-0.4, -0.2) is 26.1 Å². The van der Waals surface area contributed by atoms with Crippen molar-refractivity contribution < 1.29 is 4.74 Å². The molecule has 2 rings (SSSR count). The number of unbranched alkanes of at least 4 members (excludes halogenated alkanes) is 8. The van der Waals surface area contributed by atoms with Crippen molar-refractivity contribution in [2.24, 2.45) is 0 Å². The highest BCUT2D eigenvalue weighted by Crippen LogP contribution is 2.11. The number of aryl methyl sites for hydroxylation is 1. The summed E-state index contributed by atoms with van der Waals surface area (Å²) in [6.45, 7) is 5.50. The molecule has 0 aromatic carbocycles. The normalized spacial score (nSPS) is 11.0. The smallest absolute Gasteiger partial charge is 0.316 e. The molecule has 2 aromatic heterocycles. The fourth-order valence-electron chi connectivity index (χ4n) is 3.30. The molecule has 0 saturated carbocycles. The minimum atomic E-state index is -0.146. The molecule has 0 fully saturated rings. The molecule has 0 aliphatic rings. The summed E-state index contributed by atoms with van der Waals surface area (Å²) in [4.78, 5) is 23.4. The molecule has 0 radical (unpaired) electrons. The highest BCUT2D eigenvalue weighted by Gasteiger charge is 2.06. The van der Waals surface area contributed by atoms with Crippen LogP contribution < -0.4 is 10.3 Å². The van der Waals surface area contributed by atoms with E-state index >= 15 is 0 Å². The third kappa shape index (κ3) is 8.48. The summed E-state index contributed by atoms with van der Waals surface area (Å²) in [5.41, 5.74) is 1.39. The lowest BCUT2D eigenvalue weighted by molar-refractivity contribution is 0.312. The molecule has 0 aliphatic carbocycles. The first-order valence-corrected chi connectivity index (χ1v) is 11.3. The maximum absolute atomic E-state index is 12.3. The molecular weight excluding hydrogens is 384 g/mol. The standard InChI is InChI=1S/C22H34N4O2S/c1-3-5-6-7-8-9-10-11-12-13-26-17-19(20(27)25-22(26)29)14-18-15-23-21(24-16-18)28-4-2/h15-17H,3-14H2,1-2H3,(H,25,27,29). The van der Waals surface area contributed by atoms with Crippen molar-refractivity contribution in [1.82, 2.24) is 19.5 Å². The van der Waals surface area contributed by atoms with Crippen molar-refractivity contribution in [3.63, 3.8) is 0 Å². The lowest BCUT2D eigenvalue weighted by Crippen LogP contribution is -2.18. The third-order valence-electron chi connectivity index (χ3n) is 4.94. The second-order valence-electron chi connectivity index (χ2n) is 7.42. The van der Waals surface area contributed by atoms with Gasteiger partial charge in [-0.05, 0) is 31.1 Å². The van der Waals surface area contributed by atoms with E-state index in [1.807, 2.05) is 17.7 Å². The van der Waals surface area contributed by atoms with Gasteiger partial charge in [-0.3, -0.25) is 9.78 Å². The second kappa shape index (κ2) is 13.2. The first-order valence-electron chi connectivity index (χ1n) is 10.9. The second-order valence-corrected chi connectivity index (χ2v) is 7.81. The zero-order valence-electron chi connectivity index (χ0n) is 17.8. The van der Waals surface area contributed by atoms with E-state index in [1.54, 1.807) is 12.4 Å². The number of hydrogen-bond donors (Lipinski definition) is 1. The van der Waals surface area contributed by atoms with E-state index in [-0.39, 0.29) is 5.56 Å². The van der Waals surface area contributed by atoms with Gasteiger partial charge < -0.3 is 9.30 Å². The number of rotatable bonds is 14. The number of aromatic nitrogens is 4. The van der Waals surface area contributed by atoms with Crippen LogP contribution in [0.1, 0.15) is 82.8 Å². The fourth-order valence-corrected chi connectivity index (χ4v) is 3.53. The van der Waals surface area contributed by atoms with Crippen LogP contribution in [-0.2, 0) is 13.0 Å². The summed E-state index contributed by atoms with van der Waals surface area (Å²) in [6, 6.07) is 0.353. The predicted molar refractivity (Wildman–Crippen MR) is 119 cm³/mol. The summed E-state index contributed by atoms with van der Waals surface area (Å²) in [7, 11) is 0. The Kier molecular flexibility index (Phi) is 10.6. The van der Waals surface area contributed by atoms with Gasteiger partial charge in [0, 0.05) is 37.1 Å². The first kappa shape index (κ1) is 23.3. The van der Waals surface area contributed by atoms with E-state index in [9.17, 15) is 4.79 Å². The van der Waals surface area contributed by atoms with Crippen LogP contribution in [0.2, 0.25) is 0 Å². The SMILES string of the molecule is CCCCCCCCCCCn1cc(Cc2cnc(OCC)nc2)c(=O)[nH]c1=S. The van der Waals surface area contributed by atoms with E-state index in [0.717, 1.165) is 18.5 Å². The third-order valence-corrected chi connectivity index (χ3v) is 5.27. The number of H-pyrrole nitrogens is 1. The topological polar surface area (TPSA) is 72.8 Å². The van der Waals surface area contributed by atoms with Crippen LogP contribution in [0.15, 0.2) is 23.4 Å². The zero-order valence-corrected chi connectivity index (χ0v) is 18.6. The minimum absolute atomic E-state index is 0.146. The van der Waals surface area contributed by atoms with Crippen molar-refractivity contribution in [3.05, 3.63) is 44.8 Å². The molecule has 160 valence electrons. The average Bonchev–Trinajstić information content (AvgIpc) is 2.71. The number of nitrogens with zero attached hydrogens (tertiary/aromatic N) is 3. The van der Waals surface area contributed by atoms with Crippen molar-refractivity contribution in [2.75, 3.05) is 6.61 Å². The first-order chi connectivity index (χ1) is 14.1. The Bertz CT molecular complexity index is 830. The molecule has 29 heavy (non-hydrogen) atoms. The van der Waals surface area contributed by atoms with Gasteiger partial charge in [0.15, 0.2) is 4.77 Å². The Morgan fingerprint density at radius 1 is 1.00 bits per heavy atom. The van der Waals surface area contributed by atoms with Gasteiger partial charge in [-0.15, -0.1) is 0 Å².